The average Bonchev–Trinajstić information content (AvgIpc) is 2.39. The van der Waals surface area contributed by atoms with Gasteiger partial charge in [-0.1, -0.05) is 30.7 Å². The smallest absolute Gasteiger partial charge is 0.219 e. The molecule has 0 aliphatic rings. The molecule has 0 aromatic rings. The van der Waals surface area contributed by atoms with Gasteiger partial charge < -0.3 is 10.4 Å². The number of azide groups is 1. The summed E-state index contributed by atoms with van der Waals surface area (Å²) in [6, 6.07) is 0. The van der Waals surface area contributed by atoms with Crippen molar-refractivity contribution in [2.24, 2.45) is 11.0 Å². The highest BCUT2D eigenvalue weighted by Gasteiger charge is 2.21. The Hall–Kier alpha value is -1.24. The molecule has 2 N–H and O–H groups in total. The molecule has 0 aromatic heterocycles. The Balaban J connectivity index is 3.87. The second-order valence-electron chi connectivity index (χ2n) is 3.64. The molecular weight excluding hydrogens is 256 g/mol. The molecule has 102 valence electrons. The van der Waals surface area contributed by atoms with Crippen LogP contribution in [-0.4, -0.2) is 41.1 Å². The van der Waals surface area contributed by atoms with Crippen LogP contribution in [0.2, 0.25) is 0 Å². The molecule has 0 saturated carbocycles. The van der Waals surface area contributed by atoms with Gasteiger partial charge in [0, 0.05) is 23.6 Å². The van der Waals surface area contributed by atoms with Crippen LogP contribution < -0.4 is 5.32 Å². The maximum absolute atomic E-state index is 11.6. The maximum Gasteiger partial charge on any atom is 0.219 e. The molecule has 18 heavy (non-hydrogen) atoms. The normalized spacial score (nSPS) is 13.3. The minimum atomic E-state index is -0.967. The van der Waals surface area contributed by atoms with E-state index in [0.29, 0.717) is 18.7 Å². The van der Waals surface area contributed by atoms with Gasteiger partial charge in [0.1, 0.15) is 0 Å². The fraction of sp³-hybridized carbons (Fsp3) is 0.800. The summed E-state index contributed by atoms with van der Waals surface area (Å²) in [5.74, 6) is -0.190. The molecule has 7 nitrogen and oxygen atoms in total. The van der Waals surface area contributed by atoms with Crippen LogP contribution in [0.15, 0.2) is 5.11 Å². The highest BCUT2D eigenvalue weighted by Crippen LogP contribution is 2.14. The van der Waals surface area contributed by atoms with Gasteiger partial charge in [0.05, 0.1) is 18.6 Å². The minimum Gasteiger partial charge on any atom is -0.392 e. The SMILES string of the molecule is CCC(=O)NCCSC(=O)[C@@H](C)[C@H](O)CN=[N+]=[N-]. The predicted molar refractivity (Wildman–Crippen MR) is 69.9 cm³/mol. The number of carbonyl (C=O) groups is 2. The van der Waals surface area contributed by atoms with Crippen LogP contribution in [0.3, 0.4) is 0 Å². The third-order valence-corrected chi connectivity index (χ3v) is 3.34. The zero-order valence-electron chi connectivity index (χ0n) is 10.5. The standard InChI is InChI=1S/C10H18N4O3S/c1-3-9(16)12-4-5-18-10(17)7(2)8(15)6-13-14-11/h7-8,15H,3-6H2,1-2H3,(H,12,16)/t7-,8+/m0/s1. The van der Waals surface area contributed by atoms with Gasteiger partial charge in [-0.3, -0.25) is 9.59 Å². The molecule has 0 unspecified atom stereocenters. The molecule has 0 aliphatic carbocycles. The van der Waals surface area contributed by atoms with E-state index in [1.807, 2.05) is 0 Å². The molecule has 0 radical (unpaired) electrons. The summed E-state index contributed by atoms with van der Waals surface area (Å²) in [6.07, 6.45) is -0.550. The molecule has 2 atom stereocenters. The van der Waals surface area contributed by atoms with E-state index >= 15 is 0 Å². The quantitative estimate of drug-likeness (QED) is 0.298. The molecule has 0 saturated heterocycles. The molecule has 0 bridgehead atoms. The average molecular weight is 274 g/mol. The first-order valence-electron chi connectivity index (χ1n) is 5.65. The molecule has 0 aromatic carbocycles. The van der Waals surface area contributed by atoms with Crippen molar-refractivity contribution in [1.29, 1.82) is 0 Å². The Kier molecular flexibility index (Phi) is 9.08. The van der Waals surface area contributed by atoms with Gasteiger partial charge in [0.25, 0.3) is 0 Å². The highest BCUT2D eigenvalue weighted by atomic mass is 32.2. The number of rotatable bonds is 8. The first kappa shape index (κ1) is 16.8. The van der Waals surface area contributed by atoms with Crippen LogP contribution in [0.5, 0.6) is 0 Å². The second kappa shape index (κ2) is 9.76. The van der Waals surface area contributed by atoms with Gasteiger partial charge >= 0.3 is 0 Å². The van der Waals surface area contributed by atoms with Gasteiger partial charge in [-0.05, 0) is 5.53 Å². The summed E-state index contributed by atoms with van der Waals surface area (Å²) < 4.78 is 0. The highest BCUT2D eigenvalue weighted by molar-refractivity contribution is 8.13. The van der Waals surface area contributed by atoms with E-state index in [-0.39, 0.29) is 17.6 Å². The van der Waals surface area contributed by atoms with Crippen LogP contribution >= 0.6 is 11.8 Å². The summed E-state index contributed by atoms with van der Waals surface area (Å²) in [4.78, 5) is 25.1. The molecule has 0 aliphatic heterocycles. The number of aliphatic hydroxyl groups excluding tert-OH is 1. The molecular formula is C10H18N4O3S. The third kappa shape index (κ3) is 7.16. The van der Waals surface area contributed by atoms with Gasteiger partial charge in [-0.25, -0.2) is 0 Å². The van der Waals surface area contributed by atoms with Crippen LogP contribution in [-0.2, 0) is 9.59 Å². The predicted octanol–water partition coefficient (Wildman–Crippen LogP) is 1.08. The van der Waals surface area contributed by atoms with Gasteiger partial charge in [-0.15, -0.1) is 0 Å². The number of hydrogen-bond acceptors (Lipinski definition) is 5. The molecule has 0 spiro atoms. The summed E-state index contributed by atoms with van der Waals surface area (Å²) in [5, 5.41) is 15.2. The van der Waals surface area contributed by atoms with E-state index in [2.05, 4.69) is 15.3 Å². The Morgan fingerprint density at radius 1 is 1.56 bits per heavy atom. The Labute approximate surface area is 110 Å². The molecule has 8 heteroatoms. The number of nitrogens with one attached hydrogen (secondary N) is 1. The van der Waals surface area contributed by atoms with Crippen LogP contribution in [0.4, 0.5) is 0 Å². The monoisotopic (exact) mass is 274 g/mol. The molecule has 1 amide bonds. The van der Waals surface area contributed by atoms with Crippen molar-refractivity contribution in [1.82, 2.24) is 5.32 Å². The fourth-order valence-electron chi connectivity index (χ4n) is 1.03. The molecule has 0 rings (SSSR count). The first-order valence-corrected chi connectivity index (χ1v) is 6.63. The number of nitrogens with zero attached hydrogens (tertiary/aromatic N) is 3. The van der Waals surface area contributed by atoms with Crippen molar-refractivity contribution >= 4 is 22.8 Å². The van der Waals surface area contributed by atoms with Crippen molar-refractivity contribution in [3.8, 4) is 0 Å². The van der Waals surface area contributed by atoms with Crippen molar-refractivity contribution in [2.45, 2.75) is 26.4 Å². The van der Waals surface area contributed by atoms with Crippen molar-refractivity contribution in [3.05, 3.63) is 10.4 Å². The third-order valence-electron chi connectivity index (χ3n) is 2.27. The van der Waals surface area contributed by atoms with E-state index in [9.17, 15) is 14.7 Å². The van der Waals surface area contributed by atoms with E-state index in [1.165, 1.54) is 0 Å². The maximum atomic E-state index is 11.6. The van der Waals surface area contributed by atoms with Crippen molar-refractivity contribution < 1.29 is 14.7 Å². The largest absolute Gasteiger partial charge is 0.392 e. The Bertz CT molecular complexity index is 331. The molecule has 0 fully saturated rings. The van der Waals surface area contributed by atoms with Crippen LogP contribution in [0, 0.1) is 5.92 Å². The van der Waals surface area contributed by atoms with E-state index in [4.69, 9.17) is 5.53 Å². The van der Waals surface area contributed by atoms with Gasteiger partial charge in [0.2, 0.25) is 5.91 Å². The number of thioether (sulfide) groups is 1. The summed E-state index contributed by atoms with van der Waals surface area (Å²) in [7, 11) is 0. The lowest BCUT2D eigenvalue weighted by molar-refractivity contribution is -0.120. The van der Waals surface area contributed by atoms with E-state index < -0.39 is 12.0 Å². The van der Waals surface area contributed by atoms with Crippen LogP contribution in [0.1, 0.15) is 20.3 Å². The van der Waals surface area contributed by atoms with Gasteiger partial charge in [-0.2, -0.15) is 0 Å². The fourth-order valence-corrected chi connectivity index (χ4v) is 1.86. The zero-order valence-corrected chi connectivity index (χ0v) is 11.3. The minimum absolute atomic E-state index is 0.0560. The lowest BCUT2D eigenvalue weighted by Gasteiger charge is -2.14. The topological polar surface area (TPSA) is 115 Å². The van der Waals surface area contributed by atoms with Gasteiger partial charge in [0.15, 0.2) is 5.12 Å². The van der Waals surface area contributed by atoms with Crippen molar-refractivity contribution in [3.63, 3.8) is 0 Å². The number of aliphatic hydroxyl groups is 1. The van der Waals surface area contributed by atoms with E-state index in [0.717, 1.165) is 11.8 Å². The second-order valence-corrected chi connectivity index (χ2v) is 4.74. The van der Waals surface area contributed by atoms with Crippen LogP contribution in [0.25, 0.3) is 10.4 Å². The summed E-state index contributed by atoms with van der Waals surface area (Å²) >= 11 is 1.05. The lowest BCUT2D eigenvalue weighted by Crippen LogP contribution is -2.28. The first-order chi connectivity index (χ1) is 8.52. The number of amides is 1. The number of hydrogen-bond donors (Lipinski definition) is 2. The lowest BCUT2D eigenvalue weighted by atomic mass is 10.1. The Morgan fingerprint density at radius 3 is 2.78 bits per heavy atom. The summed E-state index contributed by atoms with van der Waals surface area (Å²) in [6.45, 7) is 3.64. The number of carbonyl (C=O) groups excluding carboxylic acids is 2. The van der Waals surface area contributed by atoms with Crippen molar-refractivity contribution in [2.75, 3.05) is 18.8 Å². The summed E-state index contributed by atoms with van der Waals surface area (Å²) in [5.41, 5.74) is 8.10. The zero-order chi connectivity index (χ0) is 14.0. The Morgan fingerprint density at radius 2 is 2.22 bits per heavy atom. The molecule has 0 heterocycles. The van der Waals surface area contributed by atoms with E-state index in [1.54, 1.807) is 13.8 Å².